The minimum absolute atomic E-state index is 0.0348. The monoisotopic (exact) mass is 381 g/mol. The Bertz CT molecular complexity index is 881. The lowest BCUT2D eigenvalue weighted by molar-refractivity contribution is 0.0510. The molecule has 1 amide bonds. The molecule has 2 bridgehead atoms. The fourth-order valence-electron chi connectivity index (χ4n) is 4.22. The van der Waals surface area contributed by atoms with Crippen LogP contribution in [0.3, 0.4) is 0 Å². The Kier molecular flexibility index (Phi) is 5.33. The van der Waals surface area contributed by atoms with E-state index < -0.39 is 0 Å². The largest absolute Gasteiger partial charge is 0.494 e. The molecule has 0 spiro atoms. The van der Waals surface area contributed by atoms with Crippen molar-refractivity contribution in [1.82, 2.24) is 4.90 Å². The molecule has 2 aliphatic heterocycles. The van der Waals surface area contributed by atoms with Gasteiger partial charge in [-0.2, -0.15) is 0 Å². The number of fused-ring (bicyclic) bond motifs is 2. The number of benzene rings is 2. The molecule has 2 unspecified atom stereocenters. The van der Waals surface area contributed by atoms with Crippen LogP contribution in [0.4, 0.5) is 9.18 Å². The number of halogens is 1. The highest BCUT2D eigenvalue weighted by Gasteiger charge is 2.38. The second kappa shape index (κ2) is 8.05. The molecule has 1 fully saturated rings. The Hall–Kier alpha value is -2.82. The third kappa shape index (κ3) is 3.61. The lowest BCUT2D eigenvalue weighted by Gasteiger charge is -2.44. The van der Waals surface area contributed by atoms with Gasteiger partial charge in [0.25, 0.3) is 0 Å². The highest BCUT2D eigenvalue weighted by atomic mass is 19.1. The number of rotatable bonds is 4. The molecule has 1 saturated heterocycles. The van der Waals surface area contributed by atoms with Crippen LogP contribution >= 0.6 is 0 Å². The summed E-state index contributed by atoms with van der Waals surface area (Å²) in [5.41, 5.74) is 2.47. The summed E-state index contributed by atoms with van der Waals surface area (Å²) in [7, 11) is 1.47. The molecule has 2 aromatic rings. The Morgan fingerprint density at radius 2 is 1.96 bits per heavy atom. The summed E-state index contributed by atoms with van der Waals surface area (Å²) in [5.74, 6) is -0.0947. The molecule has 0 aliphatic carbocycles. The molecular formula is C23H24FNO3. The number of piperidine rings is 1. The summed E-state index contributed by atoms with van der Waals surface area (Å²) < 4.78 is 25.4. The van der Waals surface area contributed by atoms with Gasteiger partial charge in [0.2, 0.25) is 0 Å². The Balaban J connectivity index is 1.53. The molecule has 0 radical (unpaired) electrons. The average molecular weight is 381 g/mol. The topological polar surface area (TPSA) is 38.8 Å². The number of amides is 1. The molecule has 4 nitrogen and oxygen atoms in total. The zero-order valence-corrected chi connectivity index (χ0v) is 15.9. The molecule has 0 saturated carbocycles. The van der Waals surface area contributed by atoms with E-state index in [0.717, 1.165) is 30.4 Å². The summed E-state index contributed by atoms with van der Waals surface area (Å²) in [4.78, 5) is 14.6. The first-order valence-electron chi connectivity index (χ1n) is 9.70. The normalized spacial score (nSPS) is 21.1. The van der Waals surface area contributed by atoms with E-state index in [4.69, 9.17) is 9.47 Å². The number of hydrogen-bond donors (Lipinski definition) is 0. The number of carbonyl (C=O) groups is 1. The molecule has 28 heavy (non-hydrogen) atoms. The van der Waals surface area contributed by atoms with Crippen molar-refractivity contribution >= 4 is 11.7 Å². The van der Waals surface area contributed by atoms with Gasteiger partial charge in [-0.25, -0.2) is 9.18 Å². The third-order valence-corrected chi connectivity index (χ3v) is 5.58. The first-order chi connectivity index (χ1) is 13.7. The molecule has 2 aromatic carbocycles. The van der Waals surface area contributed by atoms with Gasteiger partial charge in [0.05, 0.1) is 13.2 Å². The van der Waals surface area contributed by atoms with Gasteiger partial charge < -0.3 is 9.47 Å². The first kappa shape index (κ1) is 18.5. The average Bonchev–Trinajstić information content (AvgIpc) is 2.72. The van der Waals surface area contributed by atoms with Crippen LogP contribution in [0.25, 0.3) is 5.57 Å². The van der Waals surface area contributed by atoms with E-state index in [2.05, 4.69) is 0 Å². The van der Waals surface area contributed by atoms with Gasteiger partial charge >= 0.3 is 6.09 Å². The number of carbonyl (C=O) groups excluding carboxylic acids is 1. The van der Waals surface area contributed by atoms with Crippen molar-refractivity contribution in [2.45, 2.75) is 44.4 Å². The van der Waals surface area contributed by atoms with E-state index in [0.29, 0.717) is 12.0 Å². The van der Waals surface area contributed by atoms with Crippen LogP contribution in [-0.2, 0) is 11.3 Å². The Morgan fingerprint density at radius 3 is 2.71 bits per heavy atom. The second-order valence-corrected chi connectivity index (χ2v) is 7.32. The fraction of sp³-hybridized carbons (Fsp3) is 0.348. The Morgan fingerprint density at radius 1 is 1.14 bits per heavy atom. The van der Waals surface area contributed by atoms with E-state index >= 15 is 0 Å². The maximum Gasteiger partial charge on any atom is 0.410 e. The molecule has 0 N–H and O–H groups in total. The molecule has 146 valence electrons. The van der Waals surface area contributed by atoms with Crippen molar-refractivity contribution in [3.8, 4) is 5.75 Å². The van der Waals surface area contributed by atoms with Gasteiger partial charge in [-0.05, 0) is 42.9 Å². The maximum atomic E-state index is 14.7. The molecule has 2 aliphatic rings. The van der Waals surface area contributed by atoms with Crippen LogP contribution in [0.1, 0.15) is 36.8 Å². The molecule has 2 atom stereocenters. The summed E-state index contributed by atoms with van der Waals surface area (Å²) >= 11 is 0. The zero-order valence-electron chi connectivity index (χ0n) is 15.9. The number of nitrogens with zero attached hydrogens (tertiary/aromatic N) is 1. The van der Waals surface area contributed by atoms with Crippen LogP contribution in [0.5, 0.6) is 5.75 Å². The van der Waals surface area contributed by atoms with Crippen LogP contribution in [-0.4, -0.2) is 30.2 Å². The molecule has 5 heteroatoms. The van der Waals surface area contributed by atoms with Crippen LogP contribution in [0.15, 0.2) is 54.6 Å². The van der Waals surface area contributed by atoms with Gasteiger partial charge in [0.15, 0.2) is 11.6 Å². The van der Waals surface area contributed by atoms with E-state index in [-0.39, 0.29) is 36.4 Å². The minimum Gasteiger partial charge on any atom is -0.494 e. The summed E-state index contributed by atoms with van der Waals surface area (Å²) in [5, 5.41) is 0. The number of ether oxygens (including phenoxy) is 2. The van der Waals surface area contributed by atoms with Crippen molar-refractivity contribution in [3.05, 3.63) is 71.6 Å². The van der Waals surface area contributed by atoms with Gasteiger partial charge in [-0.3, -0.25) is 4.90 Å². The third-order valence-electron chi connectivity index (χ3n) is 5.58. The molecule has 4 rings (SSSR count). The van der Waals surface area contributed by atoms with Crippen LogP contribution in [0.2, 0.25) is 0 Å². The van der Waals surface area contributed by atoms with Crippen molar-refractivity contribution in [2.75, 3.05) is 7.11 Å². The highest BCUT2D eigenvalue weighted by molar-refractivity contribution is 5.75. The maximum absolute atomic E-state index is 14.7. The van der Waals surface area contributed by atoms with Gasteiger partial charge in [0, 0.05) is 11.6 Å². The van der Waals surface area contributed by atoms with Crippen LogP contribution in [0, 0.1) is 5.82 Å². The lowest BCUT2D eigenvalue weighted by Crippen LogP contribution is -2.51. The van der Waals surface area contributed by atoms with E-state index in [9.17, 15) is 9.18 Å². The highest BCUT2D eigenvalue weighted by Crippen LogP contribution is 2.39. The van der Waals surface area contributed by atoms with E-state index in [1.807, 2.05) is 41.3 Å². The second-order valence-electron chi connectivity index (χ2n) is 7.32. The SMILES string of the molecule is COc1cccc(C2=CC3CCCC(C2)N3C(=O)OCc2ccccc2)c1F. The predicted octanol–water partition coefficient (Wildman–Crippen LogP) is 5.18. The summed E-state index contributed by atoms with van der Waals surface area (Å²) in [6.45, 7) is 0.261. The van der Waals surface area contributed by atoms with Crippen molar-refractivity contribution in [2.24, 2.45) is 0 Å². The quantitative estimate of drug-likeness (QED) is 0.732. The van der Waals surface area contributed by atoms with Gasteiger partial charge in [0.1, 0.15) is 6.61 Å². The van der Waals surface area contributed by atoms with Gasteiger partial charge in [-0.15, -0.1) is 0 Å². The molecule has 0 aromatic heterocycles. The summed E-state index contributed by atoms with van der Waals surface area (Å²) in [6.07, 6.45) is 5.19. The smallest absolute Gasteiger partial charge is 0.410 e. The van der Waals surface area contributed by atoms with E-state index in [1.54, 1.807) is 18.2 Å². The predicted molar refractivity (Wildman–Crippen MR) is 105 cm³/mol. The number of methoxy groups -OCH3 is 1. The zero-order chi connectivity index (χ0) is 19.5. The van der Waals surface area contributed by atoms with Gasteiger partial charge in [-0.1, -0.05) is 48.5 Å². The standard InChI is InChI=1S/C23H24FNO3/c1-27-21-12-6-11-20(22(21)24)17-13-18-9-5-10-19(14-17)25(18)23(26)28-15-16-7-3-2-4-8-16/h2-4,6-8,11-13,18-19H,5,9-10,14-15H2,1H3. The first-order valence-corrected chi connectivity index (χ1v) is 9.70. The fourth-order valence-corrected chi connectivity index (χ4v) is 4.22. The number of hydrogen-bond acceptors (Lipinski definition) is 3. The van der Waals surface area contributed by atoms with E-state index in [1.165, 1.54) is 7.11 Å². The lowest BCUT2D eigenvalue weighted by atomic mass is 9.83. The molecular weight excluding hydrogens is 357 g/mol. The van der Waals surface area contributed by atoms with Crippen molar-refractivity contribution in [1.29, 1.82) is 0 Å². The van der Waals surface area contributed by atoms with Crippen molar-refractivity contribution in [3.63, 3.8) is 0 Å². The summed E-state index contributed by atoms with van der Waals surface area (Å²) in [6, 6.07) is 14.8. The minimum atomic E-state index is -0.338. The van der Waals surface area contributed by atoms with Crippen molar-refractivity contribution < 1.29 is 18.7 Å². The Labute approximate surface area is 164 Å². The van der Waals surface area contributed by atoms with Crippen LogP contribution < -0.4 is 4.74 Å². The molecule has 2 heterocycles.